The molecule has 3 rings (SSSR count). The minimum Gasteiger partial charge on any atom is -0.481 e. The Hall–Kier alpha value is -3.68. The largest absolute Gasteiger partial charge is 0.481 e. The van der Waals surface area contributed by atoms with Crippen molar-refractivity contribution in [3.63, 3.8) is 0 Å². The Bertz CT molecular complexity index is 971. The Morgan fingerprint density at radius 2 is 1.75 bits per heavy atom. The molecule has 0 spiro atoms. The van der Waals surface area contributed by atoms with Gasteiger partial charge >= 0.3 is 0 Å². The number of ether oxygens (including phenoxy) is 1. The van der Waals surface area contributed by atoms with Gasteiger partial charge in [0, 0.05) is 5.56 Å². The summed E-state index contributed by atoms with van der Waals surface area (Å²) in [6.45, 7) is 3.11. The van der Waals surface area contributed by atoms with Crippen LogP contribution in [0, 0.1) is 12.7 Å². The van der Waals surface area contributed by atoms with E-state index in [4.69, 9.17) is 9.26 Å². The summed E-state index contributed by atoms with van der Waals surface area (Å²) in [5.74, 6) is -0.902. The van der Waals surface area contributed by atoms with Crippen LogP contribution in [0.3, 0.4) is 0 Å². The number of rotatable bonds is 5. The molecule has 0 saturated carbocycles. The lowest BCUT2D eigenvalue weighted by atomic mass is 10.1. The van der Waals surface area contributed by atoms with Crippen LogP contribution in [0.4, 0.5) is 4.39 Å². The summed E-state index contributed by atoms with van der Waals surface area (Å²) < 4.78 is 23.5. The predicted octanol–water partition coefficient (Wildman–Crippen LogP) is 3.02. The van der Waals surface area contributed by atoms with Crippen molar-refractivity contribution in [2.45, 2.75) is 20.0 Å². The topological polar surface area (TPSA) is 93.5 Å². The maximum Gasteiger partial charge on any atom is 0.279 e. The Kier molecular flexibility index (Phi) is 5.69. The van der Waals surface area contributed by atoms with E-state index in [0.29, 0.717) is 22.8 Å². The highest BCUT2D eigenvalue weighted by molar-refractivity contribution is 6.01. The summed E-state index contributed by atoms with van der Waals surface area (Å²) in [4.78, 5) is 24.7. The molecular weight excluding hydrogens is 365 g/mol. The number of halogens is 1. The maximum absolute atomic E-state index is 12.9. The molecule has 1 aromatic heterocycles. The summed E-state index contributed by atoms with van der Waals surface area (Å²) in [6, 6.07) is 14.3. The van der Waals surface area contributed by atoms with Crippen LogP contribution in [0.25, 0.3) is 11.3 Å². The van der Waals surface area contributed by atoms with Crippen molar-refractivity contribution in [3.8, 4) is 17.0 Å². The molecule has 0 unspecified atom stereocenters. The smallest absolute Gasteiger partial charge is 0.279 e. The minimum atomic E-state index is -0.914. The van der Waals surface area contributed by atoms with E-state index in [-0.39, 0.29) is 5.56 Å². The zero-order valence-electron chi connectivity index (χ0n) is 15.2. The van der Waals surface area contributed by atoms with Crippen molar-refractivity contribution in [2.75, 3.05) is 0 Å². The number of hydrazine groups is 1. The second kappa shape index (κ2) is 8.34. The highest BCUT2D eigenvalue weighted by Gasteiger charge is 2.23. The Balaban J connectivity index is 1.63. The number of benzene rings is 2. The number of nitrogens with zero attached hydrogens (tertiary/aromatic N) is 1. The third kappa shape index (κ3) is 4.35. The third-order valence-electron chi connectivity index (χ3n) is 3.93. The van der Waals surface area contributed by atoms with Gasteiger partial charge in [0.05, 0.1) is 0 Å². The number of aryl methyl sites for hydroxylation is 1. The Labute approximate surface area is 160 Å². The first-order valence-corrected chi connectivity index (χ1v) is 8.50. The van der Waals surface area contributed by atoms with Crippen LogP contribution in [-0.4, -0.2) is 23.1 Å². The van der Waals surface area contributed by atoms with E-state index >= 15 is 0 Å². The van der Waals surface area contributed by atoms with Gasteiger partial charge in [-0.25, -0.2) is 4.39 Å². The van der Waals surface area contributed by atoms with Gasteiger partial charge in [-0.05, 0) is 38.1 Å². The summed E-state index contributed by atoms with van der Waals surface area (Å²) in [7, 11) is 0. The van der Waals surface area contributed by atoms with E-state index in [1.807, 2.05) is 18.2 Å². The average molecular weight is 383 g/mol. The molecule has 7 nitrogen and oxygen atoms in total. The SMILES string of the molecule is Cc1onc(-c2ccccc2)c1C(=O)NNC(=O)[C@H](C)Oc1ccc(F)cc1. The molecule has 1 atom stereocenters. The van der Waals surface area contributed by atoms with Gasteiger partial charge in [-0.1, -0.05) is 35.5 Å². The number of hydrogen-bond acceptors (Lipinski definition) is 5. The number of carbonyl (C=O) groups excluding carboxylic acids is 2. The molecule has 0 radical (unpaired) electrons. The molecule has 2 aromatic carbocycles. The summed E-state index contributed by atoms with van der Waals surface area (Å²) in [5, 5.41) is 3.93. The fraction of sp³-hybridized carbons (Fsp3) is 0.150. The van der Waals surface area contributed by atoms with Gasteiger partial charge < -0.3 is 9.26 Å². The fourth-order valence-electron chi connectivity index (χ4n) is 2.49. The van der Waals surface area contributed by atoms with E-state index in [9.17, 15) is 14.0 Å². The van der Waals surface area contributed by atoms with Crippen molar-refractivity contribution in [2.24, 2.45) is 0 Å². The lowest BCUT2D eigenvalue weighted by Crippen LogP contribution is -2.47. The van der Waals surface area contributed by atoms with Crippen LogP contribution in [-0.2, 0) is 4.79 Å². The van der Waals surface area contributed by atoms with Gasteiger partial charge in [-0.15, -0.1) is 0 Å². The van der Waals surface area contributed by atoms with Gasteiger partial charge in [-0.3, -0.25) is 20.4 Å². The van der Waals surface area contributed by atoms with Crippen LogP contribution in [0.1, 0.15) is 23.0 Å². The van der Waals surface area contributed by atoms with Crippen LogP contribution < -0.4 is 15.6 Å². The molecule has 0 saturated heterocycles. The van der Waals surface area contributed by atoms with E-state index in [1.165, 1.54) is 31.2 Å². The number of hydrogen-bond donors (Lipinski definition) is 2. The van der Waals surface area contributed by atoms with E-state index in [2.05, 4.69) is 16.0 Å². The van der Waals surface area contributed by atoms with Gasteiger partial charge in [0.15, 0.2) is 6.10 Å². The quantitative estimate of drug-likeness (QED) is 0.661. The van der Waals surface area contributed by atoms with Crippen molar-refractivity contribution in [1.29, 1.82) is 0 Å². The molecule has 8 heteroatoms. The molecule has 2 N–H and O–H groups in total. The standard InChI is InChI=1S/C20H18FN3O4/c1-12-17(18(24-28-12)14-6-4-3-5-7-14)20(26)23-22-19(25)13(2)27-16-10-8-15(21)9-11-16/h3-11,13H,1-2H3,(H,22,25)(H,23,26)/t13-/m0/s1. The molecule has 144 valence electrons. The first kappa shape index (κ1) is 19.1. The molecule has 2 amide bonds. The molecule has 0 aliphatic carbocycles. The molecule has 3 aromatic rings. The molecule has 0 bridgehead atoms. The second-order valence-corrected chi connectivity index (χ2v) is 5.99. The molecular formula is C20H18FN3O4. The zero-order valence-corrected chi connectivity index (χ0v) is 15.2. The average Bonchev–Trinajstić information content (AvgIpc) is 3.09. The van der Waals surface area contributed by atoms with Crippen molar-refractivity contribution >= 4 is 11.8 Å². The van der Waals surface area contributed by atoms with Gasteiger partial charge in [0.1, 0.15) is 28.6 Å². The predicted molar refractivity (Wildman–Crippen MR) is 98.8 cm³/mol. The number of aromatic nitrogens is 1. The van der Waals surface area contributed by atoms with Gasteiger partial charge in [-0.2, -0.15) is 0 Å². The number of nitrogens with one attached hydrogen (secondary N) is 2. The summed E-state index contributed by atoms with van der Waals surface area (Å²) in [5.41, 5.74) is 5.94. The molecule has 1 heterocycles. The second-order valence-electron chi connectivity index (χ2n) is 5.99. The third-order valence-corrected chi connectivity index (χ3v) is 3.93. The summed E-state index contributed by atoms with van der Waals surface area (Å²) >= 11 is 0. The molecule has 28 heavy (non-hydrogen) atoms. The number of amides is 2. The normalized spacial score (nSPS) is 11.5. The van der Waals surface area contributed by atoms with Gasteiger partial charge in [0.25, 0.3) is 11.8 Å². The van der Waals surface area contributed by atoms with Crippen LogP contribution in [0.2, 0.25) is 0 Å². The Morgan fingerprint density at radius 1 is 1.07 bits per heavy atom. The van der Waals surface area contributed by atoms with E-state index in [0.717, 1.165) is 0 Å². The van der Waals surface area contributed by atoms with Crippen LogP contribution >= 0.6 is 0 Å². The highest BCUT2D eigenvalue weighted by Crippen LogP contribution is 2.24. The minimum absolute atomic E-state index is 0.221. The van der Waals surface area contributed by atoms with E-state index < -0.39 is 23.7 Å². The molecule has 0 fully saturated rings. The first-order chi connectivity index (χ1) is 13.5. The maximum atomic E-state index is 12.9. The van der Waals surface area contributed by atoms with Crippen molar-refractivity contribution in [1.82, 2.24) is 16.0 Å². The van der Waals surface area contributed by atoms with Crippen LogP contribution in [0.15, 0.2) is 59.1 Å². The zero-order chi connectivity index (χ0) is 20.1. The molecule has 0 aliphatic heterocycles. The Morgan fingerprint density at radius 3 is 2.43 bits per heavy atom. The lowest BCUT2D eigenvalue weighted by molar-refractivity contribution is -0.128. The fourth-order valence-corrected chi connectivity index (χ4v) is 2.49. The van der Waals surface area contributed by atoms with Crippen molar-refractivity contribution < 1.29 is 23.2 Å². The number of carbonyl (C=O) groups is 2. The first-order valence-electron chi connectivity index (χ1n) is 8.50. The van der Waals surface area contributed by atoms with Crippen molar-refractivity contribution in [3.05, 3.63) is 71.7 Å². The van der Waals surface area contributed by atoms with E-state index in [1.54, 1.807) is 19.1 Å². The molecule has 0 aliphatic rings. The lowest BCUT2D eigenvalue weighted by Gasteiger charge is -2.15. The summed E-state index contributed by atoms with van der Waals surface area (Å²) in [6.07, 6.45) is -0.914. The highest BCUT2D eigenvalue weighted by atomic mass is 19.1. The monoisotopic (exact) mass is 383 g/mol. The van der Waals surface area contributed by atoms with Crippen LogP contribution in [0.5, 0.6) is 5.75 Å². The van der Waals surface area contributed by atoms with Gasteiger partial charge in [0.2, 0.25) is 0 Å².